The Labute approximate surface area is 104 Å². The first-order chi connectivity index (χ1) is 7.49. The molecule has 0 bridgehead atoms. The van der Waals surface area contributed by atoms with Crippen molar-refractivity contribution in [1.29, 1.82) is 0 Å². The number of nitrogens with zero attached hydrogens (tertiary/aromatic N) is 1. The molecule has 0 amide bonds. The van der Waals surface area contributed by atoms with Crippen LogP contribution in [-0.2, 0) is 10.0 Å². The molecule has 0 aliphatic rings. The lowest BCUT2D eigenvalue weighted by Crippen LogP contribution is -2.24. The molecule has 0 radical (unpaired) electrons. The Balaban J connectivity index is 2.24. The van der Waals surface area contributed by atoms with Gasteiger partial charge >= 0.3 is 0 Å². The van der Waals surface area contributed by atoms with Crippen molar-refractivity contribution < 1.29 is 8.42 Å². The van der Waals surface area contributed by atoms with Crippen LogP contribution in [0.3, 0.4) is 0 Å². The Morgan fingerprint density at radius 1 is 1.44 bits per heavy atom. The molecule has 90 valence electrons. The van der Waals surface area contributed by atoms with Gasteiger partial charge in [0.05, 0.1) is 16.4 Å². The van der Waals surface area contributed by atoms with Crippen molar-refractivity contribution in [2.24, 2.45) is 0 Å². The van der Waals surface area contributed by atoms with E-state index in [-0.39, 0.29) is 0 Å². The van der Waals surface area contributed by atoms with E-state index in [4.69, 9.17) is 0 Å². The predicted octanol–water partition coefficient (Wildman–Crippen LogP) is 1.20. The zero-order valence-corrected chi connectivity index (χ0v) is 11.3. The molecular formula is C9H14BrN3O2S. The van der Waals surface area contributed by atoms with Crippen molar-refractivity contribution >= 4 is 31.6 Å². The molecule has 0 fully saturated rings. The Kier molecular flexibility index (Phi) is 5.17. The van der Waals surface area contributed by atoms with Crippen LogP contribution in [0.1, 0.15) is 6.42 Å². The molecule has 16 heavy (non-hydrogen) atoms. The average Bonchev–Trinajstić information content (AvgIpc) is 2.18. The largest absolute Gasteiger partial charge is 0.384 e. The Hall–Kier alpha value is -0.660. The second-order valence-corrected chi connectivity index (χ2v) is 5.99. The van der Waals surface area contributed by atoms with E-state index >= 15 is 0 Å². The molecule has 1 aromatic rings. The summed E-state index contributed by atoms with van der Waals surface area (Å²) in [5.74, 6) is 0. The first-order valence-electron chi connectivity index (χ1n) is 4.77. The van der Waals surface area contributed by atoms with Gasteiger partial charge in [0, 0.05) is 25.5 Å². The third-order valence-electron chi connectivity index (χ3n) is 1.81. The summed E-state index contributed by atoms with van der Waals surface area (Å²) >= 11 is 3.36. The minimum atomic E-state index is -3.07. The van der Waals surface area contributed by atoms with Crippen molar-refractivity contribution in [3.05, 3.63) is 22.9 Å². The summed E-state index contributed by atoms with van der Waals surface area (Å²) in [7, 11) is -3.07. The van der Waals surface area contributed by atoms with Crippen LogP contribution >= 0.6 is 15.9 Å². The van der Waals surface area contributed by atoms with Gasteiger partial charge < -0.3 is 5.32 Å². The summed E-state index contributed by atoms with van der Waals surface area (Å²) in [6, 6.07) is 1.86. The Morgan fingerprint density at radius 2 is 2.19 bits per heavy atom. The number of hydrogen-bond acceptors (Lipinski definition) is 4. The van der Waals surface area contributed by atoms with Gasteiger partial charge in [-0.1, -0.05) is 0 Å². The summed E-state index contributed by atoms with van der Waals surface area (Å²) in [4.78, 5) is 3.94. The van der Waals surface area contributed by atoms with Gasteiger partial charge in [-0.2, -0.15) is 0 Å². The second kappa shape index (κ2) is 6.17. The Morgan fingerprint density at radius 3 is 2.81 bits per heavy atom. The van der Waals surface area contributed by atoms with Gasteiger partial charge in [0.15, 0.2) is 0 Å². The molecule has 0 saturated carbocycles. The quantitative estimate of drug-likeness (QED) is 0.775. The second-order valence-electron chi connectivity index (χ2n) is 3.30. The molecule has 5 nitrogen and oxygen atoms in total. The van der Waals surface area contributed by atoms with Gasteiger partial charge in [-0.05, 0) is 28.4 Å². The van der Waals surface area contributed by atoms with Gasteiger partial charge in [0.1, 0.15) is 0 Å². The first kappa shape index (κ1) is 13.4. The van der Waals surface area contributed by atoms with Crippen LogP contribution in [-0.4, -0.2) is 32.7 Å². The van der Waals surface area contributed by atoms with Gasteiger partial charge in [-0.25, -0.2) is 13.1 Å². The van der Waals surface area contributed by atoms with Crippen molar-refractivity contribution in [3.63, 3.8) is 0 Å². The van der Waals surface area contributed by atoms with E-state index < -0.39 is 10.0 Å². The molecule has 0 atom stereocenters. The summed E-state index contributed by atoms with van der Waals surface area (Å²) in [6.45, 7) is 1.14. The van der Waals surface area contributed by atoms with Crippen LogP contribution in [0.15, 0.2) is 22.9 Å². The normalized spacial score (nSPS) is 11.4. The van der Waals surface area contributed by atoms with E-state index in [9.17, 15) is 8.42 Å². The van der Waals surface area contributed by atoms with Gasteiger partial charge in [-0.3, -0.25) is 4.98 Å². The fourth-order valence-corrected chi connectivity index (χ4v) is 1.99. The standard InChI is InChI=1S/C9H14BrN3O2S/c1-16(14,15)13-5-2-4-12-9-3-6-11-7-8(9)10/h3,6-7,13H,2,4-5H2,1H3,(H,11,12). The van der Waals surface area contributed by atoms with Gasteiger partial charge in [-0.15, -0.1) is 0 Å². The smallest absolute Gasteiger partial charge is 0.208 e. The highest BCUT2D eigenvalue weighted by molar-refractivity contribution is 9.10. The van der Waals surface area contributed by atoms with E-state index in [0.717, 1.165) is 22.8 Å². The van der Waals surface area contributed by atoms with Crippen molar-refractivity contribution in [2.45, 2.75) is 6.42 Å². The predicted molar refractivity (Wildman–Crippen MR) is 67.9 cm³/mol. The molecule has 0 aliphatic heterocycles. The zero-order valence-electron chi connectivity index (χ0n) is 8.90. The third kappa shape index (κ3) is 5.43. The number of sulfonamides is 1. The lowest BCUT2D eigenvalue weighted by molar-refractivity contribution is 0.586. The number of anilines is 1. The maximum atomic E-state index is 10.8. The molecule has 0 unspecified atom stereocenters. The molecule has 2 N–H and O–H groups in total. The molecule has 0 aromatic carbocycles. The van der Waals surface area contributed by atoms with Crippen LogP contribution in [0.5, 0.6) is 0 Å². The fraction of sp³-hybridized carbons (Fsp3) is 0.444. The fourth-order valence-electron chi connectivity index (χ4n) is 1.09. The lowest BCUT2D eigenvalue weighted by atomic mass is 10.3. The molecule has 0 spiro atoms. The molecule has 7 heteroatoms. The summed E-state index contributed by atoms with van der Waals surface area (Å²) < 4.78 is 24.9. The zero-order chi connectivity index (χ0) is 12.0. The maximum absolute atomic E-state index is 10.8. The van der Waals surface area contributed by atoms with E-state index in [2.05, 4.69) is 31.0 Å². The van der Waals surface area contributed by atoms with Crippen LogP contribution in [0.2, 0.25) is 0 Å². The van der Waals surface area contributed by atoms with Gasteiger partial charge in [0.25, 0.3) is 0 Å². The van der Waals surface area contributed by atoms with Gasteiger partial charge in [0.2, 0.25) is 10.0 Å². The molecule has 0 aliphatic carbocycles. The van der Waals surface area contributed by atoms with Crippen molar-refractivity contribution in [1.82, 2.24) is 9.71 Å². The van der Waals surface area contributed by atoms with Crippen LogP contribution in [0.25, 0.3) is 0 Å². The van der Waals surface area contributed by atoms with Crippen LogP contribution in [0, 0.1) is 0 Å². The maximum Gasteiger partial charge on any atom is 0.208 e. The molecule has 0 saturated heterocycles. The monoisotopic (exact) mass is 307 g/mol. The average molecular weight is 308 g/mol. The van der Waals surface area contributed by atoms with Crippen LogP contribution in [0.4, 0.5) is 5.69 Å². The van der Waals surface area contributed by atoms with Crippen LogP contribution < -0.4 is 10.0 Å². The number of nitrogens with one attached hydrogen (secondary N) is 2. The number of rotatable bonds is 6. The topological polar surface area (TPSA) is 71.1 Å². The van der Waals surface area contributed by atoms with E-state index in [0.29, 0.717) is 13.1 Å². The number of pyridine rings is 1. The number of halogens is 1. The molecular weight excluding hydrogens is 294 g/mol. The van der Waals surface area contributed by atoms with E-state index in [1.807, 2.05) is 6.07 Å². The van der Waals surface area contributed by atoms with Crippen molar-refractivity contribution in [3.8, 4) is 0 Å². The highest BCUT2D eigenvalue weighted by Gasteiger charge is 2.00. The van der Waals surface area contributed by atoms with E-state index in [1.54, 1.807) is 12.4 Å². The first-order valence-corrected chi connectivity index (χ1v) is 7.45. The van der Waals surface area contributed by atoms with Crippen molar-refractivity contribution in [2.75, 3.05) is 24.7 Å². The SMILES string of the molecule is CS(=O)(=O)NCCCNc1ccncc1Br. The number of aromatic nitrogens is 1. The number of hydrogen-bond donors (Lipinski definition) is 2. The highest BCUT2D eigenvalue weighted by Crippen LogP contribution is 2.19. The lowest BCUT2D eigenvalue weighted by Gasteiger charge is -2.07. The highest BCUT2D eigenvalue weighted by atomic mass is 79.9. The third-order valence-corrected chi connectivity index (χ3v) is 3.17. The molecule has 1 aromatic heterocycles. The molecule has 1 rings (SSSR count). The summed E-state index contributed by atoms with van der Waals surface area (Å²) in [6.07, 6.45) is 5.28. The minimum Gasteiger partial charge on any atom is -0.384 e. The summed E-state index contributed by atoms with van der Waals surface area (Å²) in [5, 5.41) is 3.18. The van der Waals surface area contributed by atoms with E-state index in [1.165, 1.54) is 0 Å². The molecule has 1 heterocycles. The Bertz CT molecular complexity index is 436. The minimum absolute atomic E-state index is 0.439. The summed E-state index contributed by atoms with van der Waals surface area (Å²) in [5.41, 5.74) is 0.953.